The summed E-state index contributed by atoms with van der Waals surface area (Å²) in [6, 6.07) is 13.0. The Morgan fingerprint density at radius 3 is 2.71 bits per heavy atom. The van der Waals surface area contributed by atoms with Crippen LogP contribution in [0.1, 0.15) is 12.0 Å². The summed E-state index contributed by atoms with van der Waals surface area (Å²) in [6.07, 6.45) is 0.101. The van der Waals surface area contributed by atoms with Crippen molar-refractivity contribution in [1.29, 1.82) is 0 Å². The van der Waals surface area contributed by atoms with Crippen LogP contribution in [-0.4, -0.2) is 12.6 Å². The van der Waals surface area contributed by atoms with E-state index in [-0.39, 0.29) is 25.5 Å². The van der Waals surface area contributed by atoms with Crippen molar-refractivity contribution in [3.05, 3.63) is 59.9 Å². The van der Waals surface area contributed by atoms with Crippen LogP contribution >= 0.6 is 0 Å². The predicted octanol–water partition coefficient (Wildman–Crippen LogP) is 2.92. The minimum absolute atomic E-state index is 0.0457. The van der Waals surface area contributed by atoms with Crippen LogP contribution in [0, 0.1) is 5.82 Å². The summed E-state index contributed by atoms with van der Waals surface area (Å²) in [4.78, 5) is 11.5. The lowest BCUT2D eigenvalue weighted by Crippen LogP contribution is -2.10. The van der Waals surface area contributed by atoms with E-state index in [0.717, 1.165) is 0 Å². The van der Waals surface area contributed by atoms with Gasteiger partial charge in [0.1, 0.15) is 18.2 Å². The SMILES string of the molecule is Nc1ccccc1OCCC(=O)OCc1cccc(F)c1. The van der Waals surface area contributed by atoms with Gasteiger partial charge in [-0.05, 0) is 29.8 Å². The third kappa shape index (κ3) is 4.80. The molecule has 2 rings (SSSR count). The van der Waals surface area contributed by atoms with Crippen LogP contribution in [0.15, 0.2) is 48.5 Å². The number of rotatable bonds is 6. The largest absolute Gasteiger partial charge is 0.491 e. The number of hydrogen-bond acceptors (Lipinski definition) is 4. The molecule has 5 heteroatoms. The van der Waals surface area contributed by atoms with Crippen molar-refractivity contribution >= 4 is 11.7 Å². The fourth-order valence-electron chi connectivity index (χ4n) is 1.72. The number of esters is 1. The fourth-order valence-corrected chi connectivity index (χ4v) is 1.72. The van der Waals surface area contributed by atoms with E-state index in [0.29, 0.717) is 17.0 Å². The number of carbonyl (C=O) groups excluding carboxylic acids is 1. The second-order valence-corrected chi connectivity index (χ2v) is 4.43. The van der Waals surface area contributed by atoms with Crippen LogP contribution in [0.4, 0.5) is 10.1 Å². The van der Waals surface area contributed by atoms with Gasteiger partial charge in [-0.3, -0.25) is 4.79 Å². The Morgan fingerprint density at radius 1 is 1.14 bits per heavy atom. The summed E-state index contributed by atoms with van der Waals surface area (Å²) < 4.78 is 23.4. The van der Waals surface area contributed by atoms with Gasteiger partial charge in [0, 0.05) is 0 Å². The standard InChI is InChI=1S/C16H16FNO3/c17-13-5-3-4-12(10-13)11-21-16(19)8-9-20-15-7-2-1-6-14(15)18/h1-7,10H,8-9,11,18H2. The molecule has 0 unspecified atom stereocenters. The average molecular weight is 289 g/mol. The van der Waals surface area contributed by atoms with Gasteiger partial charge in [-0.15, -0.1) is 0 Å². The lowest BCUT2D eigenvalue weighted by atomic mass is 10.2. The maximum atomic E-state index is 12.9. The highest BCUT2D eigenvalue weighted by Crippen LogP contribution is 2.19. The van der Waals surface area contributed by atoms with Gasteiger partial charge in [0.05, 0.1) is 18.7 Å². The van der Waals surface area contributed by atoms with E-state index in [2.05, 4.69) is 0 Å². The first-order valence-electron chi connectivity index (χ1n) is 6.52. The molecule has 0 aliphatic rings. The monoisotopic (exact) mass is 289 g/mol. The maximum Gasteiger partial charge on any atom is 0.309 e. The van der Waals surface area contributed by atoms with Gasteiger partial charge in [0.2, 0.25) is 0 Å². The van der Waals surface area contributed by atoms with Crippen molar-refractivity contribution in [1.82, 2.24) is 0 Å². The zero-order valence-corrected chi connectivity index (χ0v) is 11.4. The quantitative estimate of drug-likeness (QED) is 0.656. The fraction of sp³-hybridized carbons (Fsp3) is 0.188. The van der Waals surface area contributed by atoms with E-state index in [1.807, 2.05) is 0 Å². The van der Waals surface area contributed by atoms with Crippen LogP contribution in [-0.2, 0) is 16.1 Å². The lowest BCUT2D eigenvalue weighted by molar-refractivity contribution is -0.145. The van der Waals surface area contributed by atoms with Crippen molar-refractivity contribution < 1.29 is 18.7 Å². The molecule has 4 nitrogen and oxygen atoms in total. The minimum Gasteiger partial charge on any atom is -0.491 e. The van der Waals surface area contributed by atoms with Crippen LogP contribution in [0.3, 0.4) is 0 Å². The molecular weight excluding hydrogens is 273 g/mol. The number of halogens is 1. The first-order valence-corrected chi connectivity index (χ1v) is 6.52. The molecule has 0 spiro atoms. The number of ether oxygens (including phenoxy) is 2. The molecule has 2 N–H and O–H groups in total. The van der Waals surface area contributed by atoms with Gasteiger partial charge in [0.15, 0.2) is 0 Å². The van der Waals surface area contributed by atoms with E-state index in [9.17, 15) is 9.18 Å². The number of hydrogen-bond donors (Lipinski definition) is 1. The van der Waals surface area contributed by atoms with Crippen LogP contribution in [0.2, 0.25) is 0 Å². The van der Waals surface area contributed by atoms with Gasteiger partial charge in [-0.1, -0.05) is 24.3 Å². The minimum atomic E-state index is -0.409. The molecule has 0 radical (unpaired) electrons. The molecule has 2 aromatic carbocycles. The molecule has 0 saturated heterocycles. The summed E-state index contributed by atoms with van der Waals surface area (Å²) in [5.74, 6) is -0.226. The lowest BCUT2D eigenvalue weighted by Gasteiger charge is -2.08. The Hall–Kier alpha value is -2.56. The van der Waals surface area contributed by atoms with Gasteiger partial charge >= 0.3 is 5.97 Å². The van der Waals surface area contributed by atoms with E-state index in [4.69, 9.17) is 15.2 Å². The number of nitrogen functional groups attached to an aromatic ring is 1. The third-order valence-corrected chi connectivity index (χ3v) is 2.77. The smallest absolute Gasteiger partial charge is 0.309 e. The molecule has 0 heterocycles. The maximum absolute atomic E-state index is 12.9. The molecule has 110 valence electrons. The third-order valence-electron chi connectivity index (χ3n) is 2.77. The normalized spacial score (nSPS) is 10.1. The molecule has 0 fully saturated rings. The summed E-state index contributed by atoms with van der Waals surface area (Å²) in [5.41, 5.74) is 6.84. The Kier molecular flexibility index (Phi) is 5.15. The average Bonchev–Trinajstić information content (AvgIpc) is 2.47. The number of carbonyl (C=O) groups is 1. The van der Waals surface area contributed by atoms with Crippen LogP contribution in [0.25, 0.3) is 0 Å². The van der Waals surface area contributed by atoms with E-state index < -0.39 is 5.97 Å². The van der Waals surface area contributed by atoms with Gasteiger partial charge < -0.3 is 15.2 Å². The van der Waals surface area contributed by atoms with Gasteiger partial charge in [0.25, 0.3) is 0 Å². The molecule has 2 aromatic rings. The second-order valence-electron chi connectivity index (χ2n) is 4.43. The molecule has 0 aliphatic heterocycles. The molecule has 0 atom stereocenters. The van der Waals surface area contributed by atoms with Crippen LogP contribution < -0.4 is 10.5 Å². The second kappa shape index (κ2) is 7.28. The number of para-hydroxylation sites is 2. The van der Waals surface area contributed by atoms with Crippen molar-refractivity contribution in [2.24, 2.45) is 0 Å². The molecule has 0 saturated carbocycles. The summed E-state index contributed by atoms with van der Waals surface area (Å²) in [5, 5.41) is 0. The van der Waals surface area contributed by atoms with Gasteiger partial charge in [-0.25, -0.2) is 4.39 Å². The summed E-state index contributed by atoms with van der Waals surface area (Å²) in [7, 11) is 0. The van der Waals surface area contributed by atoms with Crippen molar-refractivity contribution in [3.63, 3.8) is 0 Å². The number of nitrogens with two attached hydrogens (primary N) is 1. The Balaban J connectivity index is 1.72. The highest BCUT2D eigenvalue weighted by atomic mass is 19.1. The zero-order valence-electron chi connectivity index (χ0n) is 11.4. The Bertz CT molecular complexity index is 616. The van der Waals surface area contributed by atoms with Crippen molar-refractivity contribution in [3.8, 4) is 5.75 Å². The highest BCUT2D eigenvalue weighted by molar-refractivity contribution is 5.69. The number of anilines is 1. The summed E-state index contributed by atoms with van der Waals surface area (Å²) in [6.45, 7) is 0.222. The molecule has 0 bridgehead atoms. The molecule has 0 aliphatic carbocycles. The highest BCUT2D eigenvalue weighted by Gasteiger charge is 2.06. The molecular formula is C16H16FNO3. The first-order chi connectivity index (χ1) is 10.1. The molecule has 0 aromatic heterocycles. The van der Waals surface area contributed by atoms with Crippen molar-refractivity contribution in [2.75, 3.05) is 12.3 Å². The predicted molar refractivity (Wildman–Crippen MR) is 77.2 cm³/mol. The Labute approximate surface area is 122 Å². The van der Waals surface area contributed by atoms with E-state index in [1.165, 1.54) is 12.1 Å². The van der Waals surface area contributed by atoms with E-state index in [1.54, 1.807) is 36.4 Å². The Morgan fingerprint density at radius 2 is 1.95 bits per heavy atom. The van der Waals surface area contributed by atoms with Crippen molar-refractivity contribution in [2.45, 2.75) is 13.0 Å². The number of benzene rings is 2. The molecule has 0 amide bonds. The van der Waals surface area contributed by atoms with E-state index >= 15 is 0 Å². The topological polar surface area (TPSA) is 61.5 Å². The summed E-state index contributed by atoms with van der Waals surface area (Å²) >= 11 is 0. The van der Waals surface area contributed by atoms with Crippen LogP contribution in [0.5, 0.6) is 5.75 Å². The molecule has 21 heavy (non-hydrogen) atoms. The first kappa shape index (κ1) is 14.8. The zero-order chi connectivity index (χ0) is 15.1. The van der Waals surface area contributed by atoms with Gasteiger partial charge in [-0.2, -0.15) is 0 Å².